The first kappa shape index (κ1) is 13.5. The first-order valence-corrected chi connectivity index (χ1v) is 7.07. The van der Waals surface area contributed by atoms with Crippen molar-refractivity contribution in [1.29, 1.82) is 0 Å². The van der Waals surface area contributed by atoms with Crippen molar-refractivity contribution in [2.45, 2.75) is 6.92 Å². The Morgan fingerprint density at radius 1 is 1.38 bits per heavy atom. The van der Waals surface area contributed by atoms with Crippen LogP contribution < -0.4 is 11.1 Å². The number of nitrogens with two attached hydrogens (primary N) is 1. The normalized spacial score (nSPS) is 10.8. The van der Waals surface area contributed by atoms with Crippen LogP contribution in [0, 0.1) is 12.7 Å². The molecule has 21 heavy (non-hydrogen) atoms. The summed E-state index contributed by atoms with van der Waals surface area (Å²) in [6.07, 6.45) is 3.30. The number of amides is 1. The summed E-state index contributed by atoms with van der Waals surface area (Å²) >= 11 is 1.27. The molecule has 3 rings (SSSR count). The number of halogens is 1. The molecule has 0 saturated heterocycles. The molecule has 6 heteroatoms. The number of fused-ring (bicyclic) bond motifs is 1. The molecule has 0 fully saturated rings. The number of nitrogens with zero attached hydrogens (tertiary/aromatic N) is 1. The lowest BCUT2D eigenvalue weighted by Crippen LogP contribution is -2.13. The van der Waals surface area contributed by atoms with E-state index >= 15 is 0 Å². The van der Waals surface area contributed by atoms with E-state index in [1.54, 1.807) is 31.5 Å². The number of hydrogen-bond acceptors (Lipinski definition) is 4. The van der Waals surface area contributed by atoms with Crippen LogP contribution in [0.25, 0.3) is 10.1 Å². The number of rotatable bonds is 2. The van der Waals surface area contributed by atoms with E-state index in [4.69, 9.17) is 5.73 Å². The van der Waals surface area contributed by atoms with E-state index in [-0.39, 0.29) is 5.91 Å². The third kappa shape index (κ3) is 2.45. The van der Waals surface area contributed by atoms with E-state index in [1.807, 2.05) is 0 Å². The summed E-state index contributed by atoms with van der Waals surface area (Å²) in [6.45, 7) is 1.80. The Labute approximate surface area is 124 Å². The van der Waals surface area contributed by atoms with Crippen LogP contribution in [0.2, 0.25) is 0 Å². The molecule has 2 aromatic heterocycles. The van der Waals surface area contributed by atoms with Crippen LogP contribution in [0.15, 0.2) is 36.7 Å². The van der Waals surface area contributed by atoms with Crippen LogP contribution in [0.3, 0.4) is 0 Å². The van der Waals surface area contributed by atoms with Crippen LogP contribution >= 0.6 is 11.3 Å². The third-order valence-corrected chi connectivity index (χ3v) is 4.34. The first-order chi connectivity index (χ1) is 10.1. The molecule has 0 radical (unpaired) electrons. The number of hydrogen-bond donors (Lipinski definition) is 2. The molecule has 0 bridgehead atoms. The third-order valence-electron chi connectivity index (χ3n) is 3.19. The summed E-state index contributed by atoms with van der Waals surface area (Å²) in [6, 6.07) is 6.03. The summed E-state index contributed by atoms with van der Waals surface area (Å²) in [7, 11) is 0. The summed E-state index contributed by atoms with van der Waals surface area (Å²) < 4.78 is 14.1. The highest BCUT2D eigenvalue weighted by molar-refractivity contribution is 7.21. The number of benzene rings is 1. The van der Waals surface area contributed by atoms with E-state index < -0.39 is 5.82 Å². The van der Waals surface area contributed by atoms with Crippen LogP contribution in [0.1, 0.15) is 15.2 Å². The lowest BCUT2D eigenvalue weighted by atomic mass is 10.2. The highest BCUT2D eigenvalue weighted by atomic mass is 32.1. The molecule has 0 aliphatic heterocycles. The standard InChI is InChI=1S/C15H12FN3OS/c1-8-2-3-9(16)6-11(8)19-15(20)14-13(17)10-4-5-18-7-12(10)21-14/h2-7H,17H2,1H3,(H,19,20). The molecular formula is C15H12FN3OS. The predicted octanol–water partition coefficient (Wildman–Crippen LogP) is 3.58. The highest BCUT2D eigenvalue weighted by Crippen LogP contribution is 2.33. The predicted molar refractivity (Wildman–Crippen MR) is 83.1 cm³/mol. The maximum Gasteiger partial charge on any atom is 0.267 e. The monoisotopic (exact) mass is 301 g/mol. The molecule has 3 aromatic rings. The number of anilines is 2. The van der Waals surface area contributed by atoms with Crippen molar-refractivity contribution in [3.63, 3.8) is 0 Å². The highest BCUT2D eigenvalue weighted by Gasteiger charge is 2.17. The van der Waals surface area contributed by atoms with Crippen molar-refractivity contribution in [2.75, 3.05) is 11.1 Å². The molecule has 0 spiro atoms. The van der Waals surface area contributed by atoms with Crippen LogP contribution in [0.4, 0.5) is 15.8 Å². The van der Waals surface area contributed by atoms with Crippen LogP contribution in [-0.2, 0) is 0 Å². The van der Waals surface area contributed by atoms with Crippen LogP contribution in [-0.4, -0.2) is 10.9 Å². The Balaban J connectivity index is 1.97. The van der Waals surface area contributed by atoms with E-state index in [0.717, 1.165) is 15.6 Å². The first-order valence-electron chi connectivity index (χ1n) is 6.26. The molecule has 1 aromatic carbocycles. The maximum atomic E-state index is 13.3. The molecule has 0 aliphatic carbocycles. The van der Waals surface area contributed by atoms with Gasteiger partial charge in [-0.3, -0.25) is 9.78 Å². The van der Waals surface area contributed by atoms with Gasteiger partial charge >= 0.3 is 0 Å². The molecule has 0 saturated carbocycles. The second kappa shape index (κ2) is 5.14. The number of thiophene rings is 1. The van der Waals surface area contributed by atoms with Gasteiger partial charge in [0.1, 0.15) is 10.7 Å². The molecule has 3 N–H and O–H groups in total. The summed E-state index contributed by atoms with van der Waals surface area (Å²) in [5.41, 5.74) is 7.65. The Bertz CT molecular complexity index is 844. The van der Waals surface area contributed by atoms with Crippen molar-refractivity contribution >= 4 is 38.7 Å². The van der Waals surface area contributed by atoms with Gasteiger partial charge in [0.05, 0.1) is 10.4 Å². The average molecular weight is 301 g/mol. The number of carbonyl (C=O) groups excluding carboxylic acids is 1. The topological polar surface area (TPSA) is 68.0 Å². The number of aromatic nitrogens is 1. The van der Waals surface area contributed by atoms with Gasteiger partial charge in [-0.2, -0.15) is 0 Å². The number of carbonyl (C=O) groups is 1. The zero-order chi connectivity index (χ0) is 15.0. The van der Waals surface area contributed by atoms with E-state index in [2.05, 4.69) is 10.3 Å². The second-order valence-electron chi connectivity index (χ2n) is 4.63. The van der Waals surface area contributed by atoms with Gasteiger partial charge in [-0.1, -0.05) is 6.07 Å². The number of nitrogen functional groups attached to an aromatic ring is 1. The van der Waals surface area contributed by atoms with Crippen LogP contribution in [0.5, 0.6) is 0 Å². The van der Waals surface area contributed by atoms with Crippen molar-refractivity contribution < 1.29 is 9.18 Å². The van der Waals surface area contributed by atoms with Gasteiger partial charge in [-0.05, 0) is 30.7 Å². The van der Waals surface area contributed by atoms with Gasteiger partial charge in [0.15, 0.2) is 0 Å². The number of nitrogens with one attached hydrogen (secondary N) is 1. The second-order valence-corrected chi connectivity index (χ2v) is 5.68. The quantitative estimate of drug-likeness (QED) is 0.760. The van der Waals surface area contributed by atoms with Gasteiger partial charge in [-0.15, -0.1) is 11.3 Å². The molecule has 4 nitrogen and oxygen atoms in total. The maximum absolute atomic E-state index is 13.3. The fraction of sp³-hybridized carbons (Fsp3) is 0.0667. The molecule has 1 amide bonds. The van der Waals surface area contributed by atoms with Gasteiger partial charge < -0.3 is 11.1 Å². The van der Waals surface area contributed by atoms with Crippen molar-refractivity contribution in [3.8, 4) is 0 Å². The lowest BCUT2D eigenvalue weighted by Gasteiger charge is -2.07. The minimum atomic E-state index is -0.399. The molecule has 0 atom stereocenters. The van der Waals surface area contributed by atoms with Crippen molar-refractivity contribution in [3.05, 3.63) is 52.9 Å². The summed E-state index contributed by atoms with van der Waals surface area (Å²) in [5.74, 6) is -0.744. The van der Waals surface area contributed by atoms with E-state index in [0.29, 0.717) is 16.3 Å². The zero-order valence-corrected chi connectivity index (χ0v) is 12.0. The number of pyridine rings is 1. The molecule has 0 aliphatic rings. The largest absolute Gasteiger partial charge is 0.397 e. The van der Waals surface area contributed by atoms with Gasteiger partial charge in [-0.25, -0.2) is 4.39 Å². The molecule has 0 unspecified atom stereocenters. The van der Waals surface area contributed by atoms with Crippen molar-refractivity contribution in [1.82, 2.24) is 4.98 Å². The average Bonchev–Trinajstić information content (AvgIpc) is 2.81. The molecular weight excluding hydrogens is 289 g/mol. The fourth-order valence-electron chi connectivity index (χ4n) is 2.05. The summed E-state index contributed by atoms with van der Waals surface area (Å²) in [5, 5.41) is 3.50. The SMILES string of the molecule is Cc1ccc(F)cc1NC(=O)c1sc2cnccc2c1N. The van der Waals surface area contributed by atoms with E-state index in [1.165, 1.54) is 23.5 Å². The minimum Gasteiger partial charge on any atom is -0.397 e. The Morgan fingerprint density at radius 3 is 2.95 bits per heavy atom. The Hall–Kier alpha value is -2.47. The van der Waals surface area contributed by atoms with E-state index in [9.17, 15) is 9.18 Å². The van der Waals surface area contributed by atoms with Crippen molar-refractivity contribution in [2.24, 2.45) is 0 Å². The van der Waals surface area contributed by atoms with Gasteiger partial charge in [0.2, 0.25) is 0 Å². The van der Waals surface area contributed by atoms with Gasteiger partial charge in [0, 0.05) is 23.5 Å². The summed E-state index contributed by atoms with van der Waals surface area (Å²) in [4.78, 5) is 16.8. The number of aryl methyl sites for hydroxylation is 1. The smallest absolute Gasteiger partial charge is 0.267 e. The molecule has 106 valence electrons. The van der Waals surface area contributed by atoms with Gasteiger partial charge in [0.25, 0.3) is 5.91 Å². The Morgan fingerprint density at radius 2 is 2.19 bits per heavy atom. The lowest BCUT2D eigenvalue weighted by molar-refractivity contribution is 0.103. The zero-order valence-electron chi connectivity index (χ0n) is 11.2. The fourth-order valence-corrected chi connectivity index (χ4v) is 3.03. The minimum absolute atomic E-state index is 0.345. The Kier molecular flexibility index (Phi) is 3.31. The molecule has 2 heterocycles.